The lowest BCUT2D eigenvalue weighted by Gasteiger charge is -2.05. The molecule has 0 bridgehead atoms. The fraction of sp³-hybridized carbons (Fsp3) is 0.167. The molecule has 2 aromatic rings. The van der Waals surface area contributed by atoms with E-state index in [2.05, 4.69) is 15.3 Å². The maximum atomic E-state index is 10.9. The van der Waals surface area contributed by atoms with Gasteiger partial charge >= 0.3 is 11.7 Å². The smallest absolute Gasteiger partial charge is 0.322 e. The Morgan fingerprint density at radius 1 is 1.40 bits per heavy atom. The molecule has 0 atom stereocenters. The van der Waals surface area contributed by atoms with E-state index in [1.165, 1.54) is 18.2 Å². The molecule has 1 heterocycles. The van der Waals surface area contributed by atoms with Gasteiger partial charge in [0.15, 0.2) is 0 Å². The van der Waals surface area contributed by atoms with Crippen molar-refractivity contribution in [2.45, 2.75) is 6.54 Å². The van der Waals surface area contributed by atoms with Crippen LogP contribution in [0.4, 0.5) is 5.69 Å². The number of ether oxygens (including phenoxy) is 1. The number of benzene rings is 1. The van der Waals surface area contributed by atoms with Crippen LogP contribution in [0.5, 0.6) is 11.8 Å². The number of hydrogen-bond donors (Lipinski definition) is 1. The summed E-state index contributed by atoms with van der Waals surface area (Å²) in [5, 5.41) is 14.2. The molecule has 0 aliphatic heterocycles. The minimum atomic E-state index is -0.555. The Hall–Kier alpha value is -2.25. The highest BCUT2D eigenvalue weighted by atomic mass is 35.5. The average molecular weight is 295 g/mol. The monoisotopic (exact) mass is 294 g/mol. The largest absolute Gasteiger partial charge is 0.417 e. The van der Waals surface area contributed by atoms with Crippen LogP contribution >= 0.6 is 11.6 Å². The molecule has 0 unspecified atom stereocenters. The SMILES string of the molecule is CNCc1cnc(Oc2cc(Cl)ccc2[N+](=O)[O-])nc1. The summed E-state index contributed by atoms with van der Waals surface area (Å²) in [5.74, 6) is 0.00358. The van der Waals surface area contributed by atoms with Crippen molar-refractivity contribution < 1.29 is 9.66 Å². The molecule has 0 saturated heterocycles. The van der Waals surface area contributed by atoms with E-state index in [0.717, 1.165) is 5.56 Å². The lowest BCUT2D eigenvalue weighted by atomic mass is 10.3. The third kappa shape index (κ3) is 3.40. The van der Waals surface area contributed by atoms with Gasteiger partial charge in [-0.05, 0) is 13.1 Å². The number of nitro benzene ring substituents is 1. The van der Waals surface area contributed by atoms with E-state index >= 15 is 0 Å². The van der Waals surface area contributed by atoms with Crippen LogP contribution in [0.1, 0.15) is 5.56 Å². The van der Waals surface area contributed by atoms with Gasteiger partial charge in [0, 0.05) is 41.7 Å². The molecular formula is C12H11ClN4O3. The molecule has 0 aliphatic rings. The zero-order valence-electron chi connectivity index (χ0n) is 10.5. The van der Waals surface area contributed by atoms with E-state index < -0.39 is 4.92 Å². The van der Waals surface area contributed by atoms with Crippen molar-refractivity contribution in [3.8, 4) is 11.8 Å². The quantitative estimate of drug-likeness (QED) is 0.673. The van der Waals surface area contributed by atoms with Gasteiger partial charge in [-0.25, -0.2) is 9.97 Å². The zero-order chi connectivity index (χ0) is 14.5. The second-order valence-corrected chi connectivity index (χ2v) is 4.31. The predicted molar refractivity (Wildman–Crippen MR) is 73.0 cm³/mol. The Bertz CT molecular complexity index is 619. The first-order valence-electron chi connectivity index (χ1n) is 5.67. The highest BCUT2D eigenvalue weighted by Gasteiger charge is 2.17. The fourth-order valence-electron chi connectivity index (χ4n) is 1.51. The van der Waals surface area contributed by atoms with Crippen molar-refractivity contribution in [3.63, 3.8) is 0 Å². The zero-order valence-corrected chi connectivity index (χ0v) is 11.3. The van der Waals surface area contributed by atoms with Crippen LogP contribution < -0.4 is 10.1 Å². The Morgan fingerprint density at radius 2 is 2.10 bits per heavy atom. The predicted octanol–water partition coefficient (Wildman–Crippen LogP) is 2.55. The van der Waals surface area contributed by atoms with E-state index in [4.69, 9.17) is 16.3 Å². The molecule has 1 N–H and O–H groups in total. The summed E-state index contributed by atoms with van der Waals surface area (Å²) in [6.45, 7) is 0.623. The molecule has 0 saturated carbocycles. The van der Waals surface area contributed by atoms with E-state index in [1.54, 1.807) is 19.4 Å². The summed E-state index contributed by atoms with van der Waals surface area (Å²) in [5.41, 5.74) is 0.678. The second-order valence-electron chi connectivity index (χ2n) is 3.88. The molecule has 8 heteroatoms. The molecular weight excluding hydrogens is 284 g/mol. The van der Waals surface area contributed by atoms with E-state index in [1.807, 2.05) is 0 Å². The van der Waals surface area contributed by atoms with Crippen molar-refractivity contribution in [3.05, 3.63) is 51.3 Å². The van der Waals surface area contributed by atoms with Crippen LogP contribution in [0, 0.1) is 10.1 Å². The summed E-state index contributed by atoms with van der Waals surface area (Å²) in [6, 6.07) is 4.07. The van der Waals surface area contributed by atoms with Gasteiger partial charge in [-0.3, -0.25) is 10.1 Å². The third-order valence-electron chi connectivity index (χ3n) is 2.38. The molecule has 0 amide bonds. The van der Waals surface area contributed by atoms with Crippen LogP contribution in [-0.4, -0.2) is 21.9 Å². The molecule has 0 fully saturated rings. The molecule has 20 heavy (non-hydrogen) atoms. The van der Waals surface area contributed by atoms with Gasteiger partial charge in [0.2, 0.25) is 5.75 Å². The minimum absolute atomic E-state index is 0.00358. The molecule has 7 nitrogen and oxygen atoms in total. The van der Waals surface area contributed by atoms with Crippen LogP contribution in [0.15, 0.2) is 30.6 Å². The summed E-state index contributed by atoms with van der Waals surface area (Å²) >= 11 is 5.80. The lowest BCUT2D eigenvalue weighted by molar-refractivity contribution is -0.385. The molecule has 1 aromatic heterocycles. The maximum Gasteiger partial charge on any atom is 0.322 e. The Kier molecular flexibility index (Phi) is 4.44. The fourth-order valence-corrected chi connectivity index (χ4v) is 1.67. The normalized spacial score (nSPS) is 10.3. The second kappa shape index (κ2) is 6.27. The summed E-state index contributed by atoms with van der Waals surface area (Å²) in [6.07, 6.45) is 3.16. The van der Waals surface area contributed by atoms with Gasteiger partial charge in [-0.1, -0.05) is 11.6 Å². The third-order valence-corrected chi connectivity index (χ3v) is 2.62. The Balaban J connectivity index is 2.25. The summed E-state index contributed by atoms with van der Waals surface area (Å²) in [4.78, 5) is 18.3. The number of halogens is 1. The van der Waals surface area contributed by atoms with Crippen molar-refractivity contribution in [2.24, 2.45) is 0 Å². The van der Waals surface area contributed by atoms with Gasteiger partial charge < -0.3 is 10.1 Å². The number of nitro groups is 1. The molecule has 0 radical (unpaired) electrons. The van der Waals surface area contributed by atoms with Crippen molar-refractivity contribution in [1.82, 2.24) is 15.3 Å². The first kappa shape index (κ1) is 14.2. The molecule has 0 aliphatic carbocycles. The Morgan fingerprint density at radius 3 is 2.70 bits per heavy atom. The number of nitrogens with zero attached hydrogens (tertiary/aromatic N) is 3. The number of aromatic nitrogens is 2. The van der Waals surface area contributed by atoms with Gasteiger partial charge in [0.1, 0.15) is 0 Å². The average Bonchev–Trinajstić information content (AvgIpc) is 2.41. The first-order chi connectivity index (χ1) is 9.60. The van der Waals surface area contributed by atoms with Gasteiger partial charge in [-0.15, -0.1) is 0 Å². The highest BCUT2D eigenvalue weighted by molar-refractivity contribution is 6.30. The Labute approximate surface area is 119 Å². The molecule has 104 valence electrons. The lowest BCUT2D eigenvalue weighted by Crippen LogP contribution is -2.06. The summed E-state index contributed by atoms with van der Waals surface area (Å²) in [7, 11) is 1.81. The van der Waals surface area contributed by atoms with Gasteiger partial charge in [-0.2, -0.15) is 0 Å². The van der Waals surface area contributed by atoms with Gasteiger partial charge in [0.05, 0.1) is 4.92 Å². The first-order valence-corrected chi connectivity index (χ1v) is 6.05. The van der Waals surface area contributed by atoms with Crippen LogP contribution in [0.25, 0.3) is 0 Å². The van der Waals surface area contributed by atoms with Crippen molar-refractivity contribution in [1.29, 1.82) is 0 Å². The topological polar surface area (TPSA) is 90.2 Å². The number of hydrogen-bond acceptors (Lipinski definition) is 6. The molecule has 1 aromatic carbocycles. The van der Waals surface area contributed by atoms with Crippen molar-refractivity contribution in [2.75, 3.05) is 7.05 Å². The van der Waals surface area contributed by atoms with E-state index in [-0.39, 0.29) is 17.4 Å². The van der Waals surface area contributed by atoms with Crippen LogP contribution in [0.2, 0.25) is 5.02 Å². The van der Waals surface area contributed by atoms with Crippen LogP contribution in [-0.2, 0) is 6.54 Å². The van der Waals surface area contributed by atoms with E-state index in [9.17, 15) is 10.1 Å². The van der Waals surface area contributed by atoms with Crippen LogP contribution in [0.3, 0.4) is 0 Å². The number of rotatable bonds is 5. The molecule has 0 spiro atoms. The minimum Gasteiger partial charge on any atom is -0.417 e. The van der Waals surface area contributed by atoms with Crippen molar-refractivity contribution >= 4 is 17.3 Å². The summed E-state index contributed by atoms with van der Waals surface area (Å²) < 4.78 is 5.32. The van der Waals surface area contributed by atoms with Gasteiger partial charge in [0.25, 0.3) is 0 Å². The maximum absolute atomic E-state index is 10.9. The number of nitrogens with one attached hydrogen (secondary N) is 1. The van der Waals surface area contributed by atoms with E-state index in [0.29, 0.717) is 11.6 Å². The highest BCUT2D eigenvalue weighted by Crippen LogP contribution is 2.32. The molecule has 2 rings (SSSR count). The standard InChI is InChI=1S/C12H11ClN4O3/c1-14-5-8-6-15-12(16-7-8)20-11-4-9(13)2-3-10(11)17(18)19/h2-4,6-7,14H,5H2,1H3.